The Bertz CT molecular complexity index is 372. The van der Waals surface area contributed by atoms with E-state index in [1.807, 2.05) is 6.07 Å². The average Bonchev–Trinajstić information content (AvgIpc) is 2.97. The van der Waals surface area contributed by atoms with Crippen LogP contribution >= 0.6 is 11.3 Å². The maximum Gasteiger partial charge on any atom is 0.220 e. The lowest BCUT2D eigenvalue weighted by Crippen LogP contribution is -2.30. The van der Waals surface area contributed by atoms with Crippen LogP contribution in [0.25, 0.3) is 0 Å². The molecule has 1 amide bonds. The van der Waals surface area contributed by atoms with Gasteiger partial charge in [0.2, 0.25) is 5.91 Å². The van der Waals surface area contributed by atoms with Crippen LogP contribution in [0.15, 0.2) is 17.5 Å². The van der Waals surface area contributed by atoms with Crippen LogP contribution in [0.5, 0.6) is 0 Å². The first-order chi connectivity index (χ1) is 9.29. The molecule has 1 saturated heterocycles. The third kappa shape index (κ3) is 4.62. The Kier molecular flexibility index (Phi) is 5.86. The topological polar surface area (TPSA) is 41.1 Å². The van der Waals surface area contributed by atoms with Gasteiger partial charge in [0, 0.05) is 11.3 Å². The molecule has 1 unspecified atom stereocenters. The van der Waals surface area contributed by atoms with Crippen LogP contribution in [0, 0.1) is 5.92 Å². The summed E-state index contributed by atoms with van der Waals surface area (Å²) in [6, 6.07) is 4.34. The summed E-state index contributed by atoms with van der Waals surface area (Å²) in [6.07, 6.45) is 5.10. The Morgan fingerprint density at radius 3 is 2.95 bits per heavy atom. The molecule has 0 bridgehead atoms. The maximum atomic E-state index is 12.0. The molecule has 106 valence electrons. The first kappa shape index (κ1) is 14.5. The van der Waals surface area contributed by atoms with Crippen LogP contribution in [0.1, 0.15) is 49.9 Å². The lowest BCUT2D eigenvalue weighted by Gasteiger charge is -2.22. The van der Waals surface area contributed by atoms with Crippen molar-refractivity contribution in [3.63, 3.8) is 0 Å². The molecule has 1 aliphatic rings. The van der Waals surface area contributed by atoms with Gasteiger partial charge >= 0.3 is 0 Å². The average molecular weight is 280 g/mol. The van der Waals surface area contributed by atoms with Gasteiger partial charge in [-0.05, 0) is 56.1 Å². The quantitative estimate of drug-likeness (QED) is 0.840. The van der Waals surface area contributed by atoms with Crippen molar-refractivity contribution >= 4 is 17.2 Å². The van der Waals surface area contributed by atoms with Crippen molar-refractivity contribution in [1.82, 2.24) is 10.6 Å². The molecule has 1 aromatic rings. The minimum absolute atomic E-state index is 0.195. The van der Waals surface area contributed by atoms with Crippen LogP contribution in [0.2, 0.25) is 0 Å². The van der Waals surface area contributed by atoms with Gasteiger partial charge in [-0.15, -0.1) is 11.3 Å². The van der Waals surface area contributed by atoms with Gasteiger partial charge in [0.15, 0.2) is 0 Å². The summed E-state index contributed by atoms with van der Waals surface area (Å²) in [5.41, 5.74) is 0. The van der Waals surface area contributed by atoms with Gasteiger partial charge in [-0.1, -0.05) is 13.0 Å². The summed E-state index contributed by atoms with van der Waals surface area (Å²) >= 11 is 1.72. The highest BCUT2D eigenvalue weighted by atomic mass is 32.1. The highest BCUT2D eigenvalue weighted by Gasteiger charge is 2.17. The van der Waals surface area contributed by atoms with Crippen molar-refractivity contribution in [3.05, 3.63) is 22.4 Å². The molecule has 0 saturated carbocycles. The van der Waals surface area contributed by atoms with Gasteiger partial charge in [-0.2, -0.15) is 0 Å². The SMILES string of the molecule is CCC(NC(=O)CCC1CCNCC1)c1cccs1. The van der Waals surface area contributed by atoms with Crippen molar-refractivity contribution in [3.8, 4) is 0 Å². The van der Waals surface area contributed by atoms with Gasteiger partial charge in [0.25, 0.3) is 0 Å². The third-order valence-corrected chi connectivity index (χ3v) is 4.85. The molecule has 19 heavy (non-hydrogen) atoms. The highest BCUT2D eigenvalue weighted by molar-refractivity contribution is 7.10. The molecule has 2 N–H and O–H groups in total. The largest absolute Gasteiger partial charge is 0.348 e. The number of nitrogens with one attached hydrogen (secondary N) is 2. The van der Waals surface area contributed by atoms with E-state index in [4.69, 9.17) is 0 Å². The standard InChI is InChI=1S/C15H24N2OS/c1-2-13(14-4-3-11-19-14)17-15(18)6-5-12-7-9-16-10-8-12/h3-4,11-13,16H,2,5-10H2,1H3,(H,17,18). The van der Waals surface area contributed by atoms with Crippen molar-refractivity contribution in [2.75, 3.05) is 13.1 Å². The fraction of sp³-hybridized carbons (Fsp3) is 0.667. The Labute approximate surface area is 119 Å². The number of piperidine rings is 1. The van der Waals surface area contributed by atoms with E-state index in [1.165, 1.54) is 17.7 Å². The van der Waals surface area contributed by atoms with E-state index in [-0.39, 0.29) is 11.9 Å². The van der Waals surface area contributed by atoms with Crippen molar-refractivity contribution < 1.29 is 4.79 Å². The van der Waals surface area contributed by atoms with E-state index < -0.39 is 0 Å². The molecule has 1 atom stereocenters. The molecule has 1 fully saturated rings. The predicted molar refractivity (Wildman–Crippen MR) is 80.3 cm³/mol. The summed E-state index contributed by atoms with van der Waals surface area (Å²) in [6.45, 7) is 4.34. The van der Waals surface area contributed by atoms with Gasteiger partial charge < -0.3 is 10.6 Å². The smallest absolute Gasteiger partial charge is 0.220 e. The molecule has 2 heterocycles. The first-order valence-corrected chi connectivity index (χ1v) is 8.21. The summed E-state index contributed by atoms with van der Waals surface area (Å²) in [5.74, 6) is 0.938. The zero-order valence-electron chi connectivity index (χ0n) is 11.7. The molecule has 2 rings (SSSR count). The second-order valence-corrected chi connectivity index (χ2v) is 6.26. The van der Waals surface area contributed by atoms with E-state index in [9.17, 15) is 4.79 Å². The van der Waals surface area contributed by atoms with Crippen LogP contribution in [-0.4, -0.2) is 19.0 Å². The second-order valence-electron chi connectivity index (χ2n) is 5.28. The van der Waals surface area contributed by atoms with Gasteiger partial charge in [-0.3, -0.25) is 4.79 Å². The Morgan fingerprint density at radius 1 is 1.53 bits per heavy atom. The second kappa shape index (κ2) is 7.65. The van der Waals surface area contributed by atoms with Crippen LogP contribution < -0.4 is 10.6 Å². The lowest BCUT2D eigenvalue weighted by atomic mass is 9.93. The van der Waals surface area contributed by atoms with Gasteiger partial charge in [0.1, 0.15) is 0 Å². The zero-order valence-corrected chi connectivity index (χ0v) is 12.5. The molecular weight excluding hydrogens is 256 g/mol. The normalized spacial score (nSPS) is 18.2. The van der Waals surface area contributed by atoms with Crippen molar-refractivity contribution in [1.29, 1.82) is 0 Å². The van der Waals surface area contributed by atoms with E-state index in [1.54, 1.807) is 11.3 Å². The number of thiophene rings is 1. The molecule has 1 aliphatic heterocycles. The fourth-order valence-corrected chi connectivity index (χ4v) is 3.50. The number of amides is 1. The van der Waals surface area contributed by atoms with E-state index >= 15 is 0 Å². The summed E-state index contributed by atoms with van der Waals surface area (Å²) in [4.78, 5) is 13.3. The summed E-state index contributed by atoms with van der Waals surface area (Å²) in [7, 11) is 0. The van der Waals surface area contributed by atoms with Gasteiger partial charge in [0.05, 0.1) is 6.04 Å². The van der Waals surface area contributed by atoms with Crippen LogP contribution in [0.4, 0.5) is 0 Å². The minimum Gasteiger partial charge on any atom is -0.348 e. The van der Waals surface area contributed by atoms with Crippen molar-refractivity contribution in [2.24, 2.45) is 5.92 Å². The Morgan fingerprint density at radius 2 is 2.32 bits per heavy atom. The van der Waals surface area contributed by atoms with E-state index in [2.05, 4.69) is 29.0 Å². The number of carbonyl (C=O) groups excluding carboxylic acids is 1. The fourth-order valence-electron chi connectivity index (χ4n) is 2.64. The number of rotatable bonds is 6. The van der Waals surface area contributed by atoms with E-state index in [0.717, 1.165) is 31.8 Å². The maximum absolute atomic E-state index is 12.0. The Hall–Kier alpha value is -0.870. The van der Waals surface area contributed by atoms with Crippen LogP contribution in [0.3, 0.4) is 0 Å². The first-order valence-electron chi connectivity index (χ1n) is 7.33. The number of hydrogen-bond donors (Lipinski definition) is 2. The Balaban J connectivity index is 1.73. The molecule has 1 aromatic heterocycles. The zero-order chi connectivity index (χ0) is 13.5. The minimum atomic E-state index is 0.195. The van der Waals surface area contributed by atoms with Crippen molar-refractivity contribution in [2.45, 2.75) is 45.1 Å². The highest BCUT2D eigenvalue weighted by Crippen LogP contribution is 2.22. The third-order valence-electron chi connectivity index (χ3n) is 3.87. The molecule has 0 aromatic carbocycles. The lowest BCUT2D eigenvalue weighted by molar-refractivity contribution is -0.122. The summed E-state index contributed by atoms with van der Waals surface area (Å²) < 4.78 is 0. The van der Waals surface area contributed by atoms with E-state index in [0.29, 0.717) is 6.42 Å². The molecule has 0 aliphatic carbocycles. The number of carbonyl (C=O) groups is 1. The molecular formula is C15H24N2OS. The molecule has 0 radical (unpaired) electrons. The predicted octanol–water partition coefficient (Wildman–Crippen LogP) is 3.10. The molecule has 4 heteroatoms. The molecule has 0 spiro atoms. The van der Waals surface area contributed by atoms with Gasteiger partial charge in [-0.25, -0.2) is 0 Å². The number of hydrogen-bond acceptors (Lipinski definition) is 3. The monoisotopic (exact) mass is 280 g/mol. The molecule has 3 nitrogen and oxygen atoms in total. The van der Waals surface area contributed by atoms with Crippen LogP contribution in [-0.2, 0) is 4.79 Å². The summed E-state index contributed by atoms with van der Waals surface area (Å²) in [5, 5.41) is 8.60.